The minimum atomic E-state index is 0.185. The van der Waals surface area contributed by atoms with E-state index in [9.17, 15) is 4.79 Å². The van der Waals surface area contributed by atoms with Gasteiger partial charge >= 0.3 is 0 Å². The molecule has 2 heterocycles. The molecule has 1 N–H and O–H groups in total. The minimum absolute atomic E-state index is 0.185. The summed E-state index contributed by atoms with van der Waals surface area (Å²) in [4.78, 5) is 15.7. The molecule has 4 heteroatoms. The number of thiophene rings is 1. The molecular weight excluding hydrogens is 268 g/mol. The predicted molar refractivity (Wildman–Crippen MR) is 82.9 cm³/mol. The lowest BCUT2D eigenvalue weighted by atomic mass is 10.2. The van der Waals surface area contributed by atoms with Gasteiger partial charge in [0.2, 0.25) is 5.91 Å². The third kappa shape index (κ3) is 2.85. The molecule has 0 bridgehead atoms. The third-order valence-electron chi connectivity index (χ3n) is 3.66. The molecule has 1 aliphatic heterocycles. The Hall–Kier alpha value is -1.81. The number of carbonyl (C=O) groups is 1. The molecule has 104 valence electrons. The predicted octanol–water partition coefficient (Wildman–Crippen LogP) is 3.52. The number of amides is 1. The van der Waals surface area contributed by atoms with Crippen molar-refractivity contribution in [2.45, 2.75) is 18.9 Å². The lowest BCUT2D eigenvalue weighted by molar-refractivity contribution is -0.130. The molecule has 1 aliphatic rings. The molecule has 3 nitrogen and oxygen atoms in total. The Morgan fingerprint density at radius 1 is 1.25 bits per heavy atom. The highest BCUT2D eigenvalue weighted by molar-refractivity contribution is 7.10. The Labute approximate surface area is 123 Å². The van der Waals surface area contributed by atoms with Gasteiger partial charge in [0.1, 0.15) is 0 Å². The number of rotatable bonds is 4. The Morgan fingerprint density at radius 3 is 2.85 bits per heavy atom. The summed E-state index contributed by atoms with van der Waals surface area (Å²) in [6, 6.07) is 14.3. The Morgan fingerprint density at radius 2 is 2.10 bits per heavy atom. The van der Waals surface area contributed by atoms with Crippen LogP contribution in [-0.2, 0) is 4.79 Å². The fourth-order valence-electron chi connectivity index (χ4n) is 2.68. The van der Waals surface area contributed by atoms with Gasteiger partial charge in [-0.25, -0.2) is 0 Å². The normalized spacial score (nSPS) is 18.2. The van der Waals surface area contributed by atoms with E-state index < -0.39 is 0 Å². The summed E-state index contributed by atoms with van der Waals surface area (Å²) in [5.41, 5.74) is 0.993. The lowest BCUT2D eigenvalue weighted by Gasteiger charge is -2.24. The van der Waals surface area contributed by atoms with E-state index in [1.807, 2.05) is 35.2 Å². The zero-order chi connectivity index (χ0) is 13.8. The average molecular weight is 286 g/mol. The van der Waals surface area contributed by atoms with Gasteiger partial charge in [-0.15, -0.1) is 11.3 Å². The number of hydrogen-bond donors (Lipinski definition) is 1. The largest absolute Gasteiger partial charge is 0.376 e. The van der Waals surface area contributed by atoms with Crippen molar-refractivity contribution in [3.63, 3.8) is 0 Å². The van der Waals surface area contributed by atoms with Crippen LogP contribution in [0.4, 0.5) is 5.69 Å². The zero-order valence-corrected chi connectivity index (χ0v) is 12.1. The van der Waals surface area contributed by atoms with Gasteiger partial charge in [-0.2, -0.15) is 0 Å². The summed E-state index contributed by atoms with van der Waals surface area (Å²) < 4.78 is 0. The van der Waals surface area contributed by atoms with Gasteiger partial charge in [-0.1, -0.05) is 24.3 Å². The molecule has 1 fully saturated rings. The molecule has 1 unspecified atom stereocenters. The number of carbonyl (C=O) groups excluding carboxylic acids is 1. The van der Waals surface area contributed by atoms with Gasteiger partial charge in [-0.3, -0.25) is 4.79 Å². The maximum absolute atomic E-state index is 12.4. The highest BCUT2D eigenvalue weighted by atomic mass is 32.1. The number of nitrogens with zero attached hydrogens (tertiary/aromatic N) is 1. The monoisotopic (exact) mass is 286 g/mol. The van der Waals surface area contributed by atoms with Crippen molar-refractivity contribution >= 4 is 22.9 Å². The quantitative estimate of drug-likeness (QED) is 0.932. The van der Waals surface area contributed by atoms with Crippen LogP contribution in [0.2, 0.25) is 0 Å². The van der Waals surface area contributed by atoms with Crippen LogP contribution >= 0.6 is 11.3 Å². The second-order valence-electron chi connectivity index (χ2n) is 4.98. The van der Waals surface area contributed by atoms with E-state index in [4.69, 9.17) is 0 Å². The Balaban J connectivity index is 1.62. The van der Waals surface area contributed by atoms with Crippen LogP contribution in [0.1, 0.15) is 23.8 Å². The molecule has 1 aromatic carbocycles. The van der Waals surface area contributed by atoms with Gasteiger partial charge in [0.05, 0.1) is 12.6 Å². The summed E-state index contributed by atoms with van der Waals surface area (Å²) in [7, 11) is 0. The first kappa shape index (κ1) is 13.2. The van der Waals surface area contributed by atoms with Crippen molar-refractivity contribution in [3.8, 4) is 0 Å². The topological polar surface area (TPSA) is 32.3 Å². The van der Waals surface area contributed by atoms with Crippen molar-refractivity contribution in [2.24, 2.45) is 0 Å². The molecule has 1 amide bonds. The summed E-state index contributed by atoms with van der Waals surface area (Å²) in [5, 5.41) is 5.28. The molecule has 0 spiro atoms. The summed E-state index contributed by atoms with van der Waals surface area (Å²) in [6.45, 7) is 1.24. The van der Waals surface area contributed by atoms with E-state index in [1.165, 1.54) is 4.88 Å². The van der Waals surface area contributed by atoms with Crippen molar-refractivity contribution in [3.05, 3.63) is 52.7 Å². The van der Waals surface area contributed by atoms with E-state index in [1.54, 1.807) is 11.3 Å². The van der Waals surface area contributed by atoms with Gasteiger partial charge in [0, 0.05) is 17.1 Å². The van der Waals surface area contributed by atoms with Crippen molar-refractivity contribution in [2.75, 3.05) is 18.4 Å². The SMILES string of the molecule is O=C(CNc1ccccc1)N1CCCC1c1cccs1. The fraction of sp³-hybridized carbons (Fsp3) is 0.312. The number of nitrogens with one attached hydrogen (secondary N) is 1. The maximum atomic E-state index is 12.4. The average Bonchev–Trinajstić information content (AvgIpc) is 3.15. The highest BCUT2D eigenvalue weighted by Gasteiger charge is 2.30. The number of likely N-dealkylation sites (tertiary alicyclic amines) is 1. The zero-order valence-electron chi connectivity index (χ0n) is 11.3. The molecule has 2 aromatic rings. The first-order chi connectivity index (χ1) is 9.84. The fourth-order valence-corrected chi connectivity index (χ4v) is 3.55. The molecule has 1 aromatic heterocycles. The second kappa shape index (κ2) is 6.09. The molecule has 0 radical (unpaired) electrons. The molecule has 3 rings (SSSR count). The van der Waals surface area contributed by atoms with Gasteiger partial charge in [0.25, 0.3) is 0 Å². The maximum Gasteiger partial charge on any atom is 0.242 e. The number of benzene rings is 1. The molecular formula is C16H18N2OS. The summed E-state index contributed by atoms with van der Waals surface area (Å²) in [6.07, 6.45) is 2.18. The third-order valence-corrected chi connectivity index (χ3v) is 4.64. The number of hydrogen-bond acceptors (Lipinski definition) is 3. The van der Waals surface area contributed by atoms with Crippen LogP contribution in [0.5, 0.6) is 0 Å². The van der Waals surface area contributed by atoms with Crippen molar-refractivity contribution < 1.29 is 4.79 Å². The van der Waals surface area contributed by atoms with Crippen LogP contribution in [0, 0.1) is 0 Å². The molecule has 1 atom stereocenters. The Bertz CT molecular complexity index is 553. The smallest absolute Gasteiger partial charge is 0.242 e. The molecule has 1 saturated heterocycles. The number of anilines is 1. The second-order valence-corrected chi connectivity index (χ2v) is 5.96. The Kier molecular flexibility index (Phi) is 4.02. The summed E-state index contributed by atoms with van der Waals surface area (Å²) >= 11 is 1.74. The molecule has 20 heavy (non-hydrogen) atoms. The van der Waals surface area contributed by atoms with Crippen LogP contribution in [0.3, 0.4) is 0 Å². The summed E-state index contributed by atoms with van der Waals surface area (Å²) in [5.74, 6) is 0.185. The van der Waals surface area contributed by atoms with Gasteiger partial charge in [-0.05, 0) is 36.4 Å². The van der Waals surface area contributed by atoms with Crippen LogP contribution in [-0.4, -0.2) is 23.9 Å². The molecule has 0 aliphatic carbocycles. The van der Waals surface area contributed by atoms with Gasteiger partial charge in [0.15, 0.2) is 0 Å². The van der Waals surface area contributed by atoms with E-state index in [-0.39, 0.29) is 11.9 Å². The molecule has 0 saturated carbocycles. The van der Waals surface area contributed by atoms with Crippen LogP contribution < -0.4 is 5.32 Å². The number of para-hydroxylation sites is 1. The first-order valence-electron chi connectivity index (χ1n) is 6.96. The van der Waals surface area contributed by atoms with E-state index in [0.29, 0.717) is 6.54 Å². The van der Waals surface area contributed by atoms with Crippen molar-refractivity contribution in [1.82, 2.24) is 4.90 Å². The highest BCUT2D eigenvalue weighted by Crippen LogP contribution is 2.34. The standard InChI is InChI=1S/C16H18N2OS/c19-16(12-17-13-6-2-1-3-7-13)18-10-4-8-14(18)15-9-5-11-20-15/h1-3,5-7,9,11,14,17H,4,8,10,12H2. The first-order valence-corrected chi connectivity index (χ1v) is 7.84. The van der Waals surface area contributed by atoms with E-state index in [0.717, 1.165) is 25.1 Å². The van der Waals surface area contributed by atoms with Crippen molar-refractivity contribution in [1.29, 1.82) is 0 Å². The van der Waals surface area contributed by atoms with Crippen LogP contribution in [0.15, 0.2) is 47.8 Å². The van der Waals surface area contributed by atoms with Gasteiger partial charge < -0.3 is 10.2 Å². The van der Waals surface area contributed by atoms with Crippen LogP contribution in [0.25, 0.3) is 0 Å². The lowest BCUT2D eigenvalue weighted by Crippen LogP contribution is -2.34. The minimum Gasteiger partial charge on any atom is -0.376 e. The van der Waals surface area contributed by atoms with E-state index in [2.05, 4.69) is 22.8 Å². The van der Waals surface area contributed by atoms with E-state index >= 15 is 0 Å².